The minimum Gasteiger partial charge on any atom is -0.493 e. The summed E-state index contributed by atoms with van der Waals surface area (Å²) in [5.74, 6) is 1.16. The first kappa shape index (κ1) is 20.3. The molecule has 0 heterocycles. The molecule has 1 N–H and O–H groups in total. The van der Waals surface area contributed by atoms with Crippen LogP contribution < -0.4 is 14.9 Å². The monoisotopic (exact) mass is 400 g/mol. The molecule has 0 aliphatic heterocycles. The van der Waals surface area contributed by atoms with E-state index in [9.17, 15) is 13.2 Å². The van der Waals surface area contributed by atoms with Crippen molar-refractivity contribution in [3.63, 3.8) is 0 Å². The van der Waals surface area contributed by atoms with Crippen molar-refractivity contribution in [1.29, 1.82) is 0 Å². The number of alkyl halides is 3. The van der Waals surface area contributed by atoms with Crippen LogP contribution in [0.3, 0.4) is 0 Å². The van der Waals surface area contributed by atoms with Crippen molar-refractivity contribution in [2.24, 2.45) is 5.10 Å². The summed E-state index contributed by atoms with van der Waals surface area (Å²) < 4.78 is 48.9. The van der Waals surface area contributed by atoms with Crippen LogP contribution in [0.25, 0.3) is 0 Å². The summed E-state index contributed by atoms with van der Waals surface area (Å²) in [6, 6.07) is 19.8. The van der Waals surface area contributed by atoms with Crippen LogP contribution in [0.2, 0.25) is 0 Å². The molecule has 3 aromatic rings. The highest BCUT2D eigenvalue weighted by molar-refractivity contribution is 5.81. The first-order valence-corrected chi connectivity index (χ1v) is 8.77. The van der Waals surface area contributed by atoms with Crippen LogP contribution in [0.1, 0.15) is 16.7 Å². The molecule has 0 aromatic heterocycles. The molecule has 4 nitrogen and oxygen atoms in total. The number of hydrogen-bond donors (Lipinski definition) is 1. The third-order valence-electron chi connectivity index (χ3n) is 4.04. The van der Waals surface area contributed by atoms with E-state index in [-0.39, 0.29) is 0 Å². The SMILES string of the molecule is COc1cc(C=NNc2ccc(C(F)(F)F)cc2)ccc1OCc1ccccc1. The summed E-state index contributed by atoms with van der Waals surface area (Å²) in [6.45, 7) is 0.417. The van der Waals surface area contributed by atoms with Crippen LogP contribution in [0, 0.1) is 0 Å². The first-order chi connectivity index (χ1) is 14.0. The lowest BCUT2D eigenvalue weighted by atomic mass is 10.2. The minimum absolute atomic E-state index is 0.417. The Bertz CT molecular complexity index is 956. The van der Waals surface area contributed by atoms with Gasteiger partial charge in [0.25, 0.3) is 0 Å². The molecule has 0 aliphatic carbocycles. The Kier molecular flexibility index (Phi) is 6.39. The second kappa shape index (κ2) is 9.14. The normalized spacial score (nSPS) is 11.4. The van der Waals surface area contributed by atoms with Crippen molar-refractivity contribution >= 4 is 11.9 Å². The number of nitrogens with one attached hydrogen (secondary N) is 1. The molecule has 0 saturated heterocycles. The minimum atomic E-state index is -4.36. The highest BCUT2D eigenvalue weighted by atomic mass is 19.4. The highest BCUT2D eigenvalue weighted by Gasteiger charge is 2.29. The molecular formula is C22H19F3N2O2. The van der Waals surface area contributed by atoms with Gasteiger partial charge in [-0.15, -0.1) is 0 Å². The van der Waals surface area contributed by atoms with Gasteiger partial charge in [-0.1, -0.05) is 30.3 Å². The van der Waals surface area contributed by atoms with Gasteiger partial charge in [0.15, 0.2) is 11.5 Å². The van der Waals surface area contributed by atoms with Gasteiger partial charge in [0.1, 0.15) is 6.61 Å². The van der Waals surface area contributed by atoms with E-state index in [0.29, 0.717) is 23.8 Å². The number of benzene rings is 3. The number of nitrogens with zero attached hydrogens (tertiary/aromatic N) is 1. The maximum atomic E-state index is 12.6. The van der Waals surface area contributed by atoms with Crippen molar-refractivity contribution in [3.05, 3.63) is 89.5 Å². The zero-order valence-electron chi connectivity index (χ0n) is 15.6. The van der Waals surface area contributed by atoms with Gasteiger partial charge < -0.3 is 9.47 Å². The number of halogens is 3. The Morgan fingerprint density at radius 1 is 0.931 bits per heavy atom. The predicted octanol–water partition coefficient (Wildman–Crippen LogP) is 5.74. The lowest BCUT2D eigenvalue weighted by molar-refractivity contribution is -0.137. The number of hydrogen-bond acceptors (Lipinski definition) is 4. The van der Waals surface area contributed by atoms with E-state index in [2.05, 4.69) is 10.5 Å². The molecule has 0 fully saturated rings. The van der Waals surface area contributed by atoms with E-state index in [1.54, 1.807) is 31.5 Å². The van der Waals surface area contributed by atoms with Crippen molar-refractivity contribution < 1.29 is 22.6 Å². The van der Waals surface area contributed by atoms with Crippen LogP contribution in [0.5, 0.6) is 11.5 Å². The van der Waals surface area contributed by atoms with Gasteiger partial charge in [-0.2, -0.15) is 18.3 Å². The van der Waals surface area contributed by atoms with Gasteiger partial charge in [0.2, 0.25) is 0 Å². The summed E-state index contributed by atoms with van der Waals surface area (Å²) >= 11 is 0. The van der Waals surface area contributed by atoms with E-state index >= 15 is 0 Å². The molecule has 0 spiro atoms. The molecule has 0 unspecified atom stereocenters. The van der Waals surface area contributed by atoms with Gasteiger partial charge in [-0.05, 0) is 53.6 Å². The molecular weight excluding hydrogens is 381 g/mol. The lowest BCUT2D eigenvalue weighted by Crippen LogP contribution is -2.04. The van der Waals surface area contributed by atoms with Gasteiger partial charge in [-0.3, -0.25) is 5.43 Å². The molecule has 0 aliphatic rings. The lowest BCUT2D eigenvalue weighted by Gasteiger charge is -2.11. The summed E-state index contributed by atoms with van der Waals surface area (Å²) in [6.07, 6.45) is -2.82. The Morgan fingerprint density at radius 2 is 1.66 bits per heavy atom. The van der Waals surface area contributed by atoms with Gasteiger partial charge in [0, 0.05) is 0 Å². The number of methoxy groups -OCH3 is 1. The molecule has 29 heavy (non-hydrogen) atoms. The molecule has 3 rings (SSSR count). The third kappa shape index (κ3) is 5.75. The number of rotatable bonds is 7. The van der Waals surface area contributed by atoms with Gasteiger partial charge in [0.05, 0.1) is 24.6 Å². The van der Waals surface area contributed by atoms with Gasteiger partial charge in [-0.25, -0.2) is 0 Å². The smallest absolute Gasteiger partial charge is 0.416 e. The Hall–Kier alpha value is -3.48. The number of anilines is 1. The average molecular weight is 400 g/mol. The molecule has 0 amide bonds. The fourth-order valence-corrected chi connectivity index (χ4v) is 2.53. The standard InChI is InChI=1S/C22H19F3N2O2/c1-28-21-13-17(7-12-20(21)29-15-16-5-3-2-4-6-16)14-26-27-19-10-8-18(9-11-19)22(23,24)25/h2-14,27H,15H2,1H3. The number of hydrazone groups is 1. The van der Waals surface area contributed by atoms with Crippen LogP contribution in [-0.2, 0) is 12.8 Å². The summed E-state index contributed by atoms with van der Waals surface area (Å²) in [5, 5.41) is 4.05. The van der Waals surface area contributed by atoms with E-state index in [1.165, 1.54) is 12.1 Å². The molecule has 7 heteroatoms. The largest absolute Gasteiger partial charge is 0.493 e. The van der Waals surface area contributed by atoms with Crippen molar-refractivity contribution in [3.8, 4) is 11.5 Å². The zero-order chi connectivity index (χ0) is 20.7. The molecule has 0 saturated carbocycles. The maximum absolute atomic E-state index is 12.6. The second-order valence-electron chi connectivity index (χ2n) is 6.13. The fraction of sp³-hybridized carbons (Fsp3) is 0.136. The topological polar surface area (TPSA) is 42.8 Å². The zero-order valence-corrected chi connectivity index (χ0v) is 15.6. The Balaban J connectivity index is 1.62. The molecule has 150 valence electrons. The van der Waals surface area contributed by atoms with E-state index < -0.39 is 11.7 Å². The summed E-state index contributed by atoms with van der Waals surface area (Å²) in [7, 11) is 1.55. The third-order valence-corrected chi connectivity index (χ3v) is 4.04. The molecule has 0 bridgehead atoms. The summed E-state index contributed by atoms with van der Waals surface area (Å²) in [4.78, 5) is 0. The van der Waals surface area contributed by atoms with E-state index in [1.807, 2.05) is 30.3 Å². The number of ether oxygens (including phenoxy) is 2. The van der Waals surface area contributed by atoms with Crippen molar-refractivity contribution in [2.45, 2.75) is 12.8 Å². The van der Waals surface area contributed by atoms with Gasteiger partial charge >= 0.3 is 6.18 Å². The van der Waals surface area contributed by atoms with Crippen LogP contribution in [0.4, 0.5) is 18.9 Å². The van der Waals surface area contributed by atoms with E-state index in [0.717, 1.165) is 23.3 Å². The van der Waals surface area contributed by atoms with Crippen LogP contribution in [0.15, 0.2) is 77.9 Å². The quantitative estimate of drug-likeness (QED) is 0.406. The van der Waals surface area contributed by atoms with Crippen LogP contribution in [-0.4, -0.2) is 13.3 Å². The van der Waals surface area contributed by atoms with Crippen molar-refractivity contribution in [1.82, 2.24) is 0 Å². The first-order valence-electron chi connectivity index (χ1n) is 8.77. The predicted molar refractivity (Wildman–Crippen MR) is 106 cm³/mol. The molecule has 3 aromatic carbocycles. The van der Waals surface area contributed by atoms with E-state index in [4.69, 9.17) is 9.47 Å². The summed E-state index contributed by atoms with van der Waals surface area (Å²) in [5.41, 5.74) is 4.23. The highest BCUT2D eigenvalue weighted by Crippen LogP contribution is 2.30. The second-order valence-corrected chi connectivity index (χ2v) is 6.13. The van der Waals surface area contributed by atoms with Crippen LogP contribution >= 0.6 is 0 Å². The Morgan fingerprint density at radius 3 is 2.31 bits per heavy atom. The molecule has 0 atom stereocenters. The average Bonchev–Trinajstić information content (AvgIpc) is 2.73. The molecule has 0 radical (unpaired) electrons. The van der Waals surface area contributed by atoms with Crippen molar-refractivity contribution in [2.75, 3.05) is 12.5 Å². The Labute approximate surface area is 166 Å². The maximum Gasteiger partial charge on any atom is 0.416 e. The fourth-order valence-electron chi connectivity index (χ4n) is 2.53.